The number of nitrogens with one attached hydrogen (secondary N) is 1. The maximum Gasteiger partial charge on any atom is 0.322 e. The average Bonchev–Trinajstić information content (AvgIpc) is 3.00. The molecule has 0 spiro atoms. The van der Waals surface area contributed by atoms with Gasteiger partial charge in [0.15, 0.2) is 0 Å². The molecule has 2 aromatic rings. The summed E-state index contributed by atoms with van der Waals surface area (Å²) in [6.07, 6.45) is 2.26. The van der Waals surface area contributed by atoms with Crippen LogP contribution in [0.1, 0.15) is 24.0 Å². The van der Waals surface area contributed by atoms with Gasteiger partial charge in [-0.3, -0.25) is 4.90 Å². The molecule has 2 amide bonds. The highest BCUT2D eigenvalue weighted by Crippen LogP contribution is 2.29. The lowest BCUT2D eigenvalue weighted by Gasteiger charge is -2.36. The lowest BCUT2D eigenvalue weighted by Crippen LogP contribution is -2.49. The molecule has 0 radical (unpaired) electrons. The predicted octanol–water partition coefficient (Wildman–Crippen LogP) is 3.69. The number of hydrogen-bond acceptors (Lipinski definition) is 3. The van der Waals surface area contributed by atoms with Crippen molar-refractivity contribution < 1.29 is 4.79 Å². The summed E-state index contributed by atoms with van der Waals surface area (Å²) in [5.41, 5.74) is 2.66. The fourth-order valence-electron chi connectivity index (χ4n) is 4.22. The second kappa shape index (κ2) is 7.81. The zero-order valence-electron chi connectivity index (χ0n) is 15.3. The fourth-order valence-corrected chi connectivity index (χ4v) is 4.22. The first-order chi connectivity index (χ1) is 13.2. The topological polar surface area (TPSA) is 59.4 Å². The summed E-state index contributed by atoms with van der Waals surface area (Å²) in [7, 11) is 0. The van der Waals surface area contributed by atoms with Gasteiger partial charge in [-0.1, -0.05) is 30.3 Å². The van der Waals surface area contributed by atoms with Gasteiger partial charge >= 0.3 is 6.03 Å². The summed E-state index contributed by atoms with van der Waals surface area (Å²) in [6.45, 7) is 3.73. The van der Waals surface area contributed by atoms with Crippen LogP contribution in [-0.2, 0) is 6.54 Å². The highest BCUT2D eigenvalue weighted by Gasteiger charge is 2.37. The number of nitriles is 1. The van der Waals surface area contributed by atoms with Crippen molar-refractivity contribution in [3.8, 4) is 6.07 Å². The molecule has 3 heterocycles. The summed E-state index contributed by atoms with van der Waals surface area (Å²) < 4.78 is 0. The first-order valence-electron chi connectivity index (χ1n) is 9.55. The Morgan fingerprint density at radius 3 is 2.56 bits per heavy atom. The summed E-state index contributed by atoms with van der Waals surface area (Å²) in [4.78, 5) is 17.4. The second-order valence-corrected chi connectivity index (χ2v) is 7.55. The number of hydrogen-bond donors (Lipinski definition) is 1. The smallest absolute Gasteiger partial charge is 0.320 e. The van der Waals surface area contributed by atoms with Gasteiger partial charge in [0.2, 0.25) is 0 Å². The Morgan fingerprint density at radius 2 is 1.81 bits per heavy atom. The van der Waals surface area contributed by atoms with Crippen molar-refractivity contribution in [2.24, 2.45) is 5.92 Å². The number of carbonyl (C=O) groups excluding carboxylic acids is 1. The molecule has 1 N–H and O–H groups in total. The van der Waals surface area contributed by atoms with Crippen LogP contribution in [0, 0.1) is 17.2 Å². The summed E-state index contributed by atoms with van der Waals surface area (Å²) in [6, 6.07) is 19.9. The third-order valence-corrected chi connectivity index (χ3v) is 5.56. The number of piperidine rings is 1. The summed E-state index contributed by atoms with van der Waals surface area (Å²) >= 11 is 0. The lowest BCUT2D eigenvalue weighted by atomic mass is 9.95. The molecule has 5 heteroatoms. The zero-order valence-corrected chi connectivity index (χ0v) is 15.3. The number of urea groups is 1. The number of amides is 2. The van der Waals surface area contributed by atoms with Gasteiger partial charge in [-0.25, -0.2) is 4.79 Å². The molecule has 27 heavy (non-hydrogen) atoms. The molecule has 0 unspecified atom stereocenters. The van der Waals surface area contributed by atoms with E-state index in [2.05, 4.69) is 40.6 Å². The van der Waals surface area contributed by atoms with Crippen LogP contribution in [0.2, 0.25) is 0 Å². The number of anilines is 1. The Bertz CT molecular complexity index is 828. The van der Waals surface area contributed by atoms with Crippen molar-refractivity contribution in [3.63, 3.8) is 0 Å². The molecule has 0 aromatic heterocycles. The van der Waals surface area contributed by atoms with Crippen molar-refractivity contribution in [3.05, 3.63) is 65.7 Å². The van der Waals surface area contributed by atoms with E-state index in [1.165, 1.54) is 12.0 Å². The van der Waals surface area contributed by atoms with Gasteiger partial charge < -0.3 is 10.2 Å². The molecule has 5 nitrogen and oxygen atoms in total. The van der Waals surface area contributed by atoms with E-state index in [1.807, 2.05) is 11.0 Å². The minimum absolute atomic E-state index is 0.0315. The molecule has 138 valence electrons. The highest BCUT2D eigenvalue weighted by molar-refractivity contribution is 5.89. The predicted molar refractivity (Wildman–Crippen MR) is 105 cm³/mol. The van der Waals surface area contributed by atoms with Crippen LogP contribution >= 0.6 is 0 Å². The Balaban J connectivity index is 1.42. The van der Waals surface area contributed by atoms with Gasteiger partial charge in [-0.15, -0.1) is 0 Å². The first kappa shape index (κ1) is 17.6. The fraction of sp³-hybridized carbons (Fsp3) is 0.364. The molecule has 3 saturated heterocycles. The third-order valence-electron chi connectivity index (χ3n) is 5.56. The standard InChI is InChI=1S/C22H24N4O/c23-12-17-6-9-20(10-7-17)24-22(27)26-15-19-8-11-21(26)16-25(14-19)13-18-4-2-1-3-5-18/h1-7,9-10,19,21H,8,11,13-16H2,(H,24,27)/t19-,21+/m1/s1. The molecular formula is C22H24N4O. The molecule has 3 aliphatic heterocycles. The van der Waals surface area contributed by atoms with Gasteiger partial charge in [0.1, 0.15) is 0 Å². The number of carbonyl (C=O) groups is 1. The quantitative estimate of drug-likeness (QED) is 0.908. The molecule has 2 aromatic carbocycles. The first-order valence-corrected chi connectivity index (χ1v) is 9.55. The van der Waals surface area contributed by atoms with E-state index in [4.69, 9.17) is 5.26 Å². The van der Waals surface area contributed by atoms with Gasteiger partial charge in [0.05, 0.1) is 11.6 Å². The molecule has 2 atom stereocenters. The van der Waals surface area contributed by atoms with Gasteiger partial charge in [-0.2, -0.15) is 5.26 Å². The molecule has 5 rings (SSSR count). The van der Waals surface area contributed by atoms with Crippen LogP contribution in [0.15, 0.2) is 54.6 Å². The van der Waals surface area contributed by atoms with E-state index in [0.717, 1.165) is 38.3 Å². The van der Waals surface area contributed by atoms with Crippen LogP contribution in [0.25, 0.3) is 0 Å². The Morgan fingerprint density at radius 1 is 1.04 bits per heavy atom. The normalized spacial score (nSPS) is 22.1. The molecule has 0 aliphatic carbocycles. The zero-order chi connectivity index (χ0) is 18.6. The van der Waals surface area contributed by atoms with Crippen molar-refractivity contribution in [2.45, 2.75) is 25.4 Å². The molecule has 2 bridgehead atoms. The second-order valence-electron chi connectivity index (χ2n) is 7.55. The number of nitrogens with zero attached hydrogens (tertiary/aromatic N) is 3. The average molecular weight is 360 g/mol. The number of fused-ring (bicyclic) bond motifs is 4. The van der Waals surface area contributed by atoms with Crippen molar-refractivity contribution in [2.75, 3.05) is 25.0 Å². The van der Waals surface area contributed by atoms with E-state index in [1.54, 1.807) is 24.3 Å². The van der Waals surface area contributed by atoms with Crippen LogP contribution in [0.3, 0.4) is 0 Å². The Kier molecular flexibility index (Phi) is 5.08. The minimum atomic E-state index is -0.0315. The van der Waals surface area contributed by atoms with Crippen molar-refractivity contribution in [1.82, 2.24) is 9.80 Å². The molecule has 3 aliphatic rings. The molecular weight excluding hydrogens is 336 g/mol. The monoisotopic (exact) mass is 360 g/mol. The third kappa shape index (κ3) is 4.12. The molecule has 3 fully saturated rings. The number of benzene rings is 2. The SMILES string of the molecule is N#Cc1ccc(NC(=O)N2C[C@@H]3CC[C@H]2CN(Cc2ccccc2)C3)cc1. The van der Waals surface area contributed by atoms with Crippen LogP contribution in [0.4, 0.5) is 10.5 Å². The van der Waals surface area contributed by atoms with E-state index >= 15 is 0 Å². The number of rotatable bonds is 3. The van der Waals surface area contributed by atoms with Crippen molar-refractivity contribution in [1.29, 1.82) is 5.26 Å². The van der Waals surface area contributed by atoms with Crippen molar-refractivity contribution >= 4 is 11.7 Å². The van der Waals surface area contributed by atoms with Crippen LogP contribution in [0.5, 0.6) is 0 Å². The van der Waals surface area contributed by atoms with Gasteiger partial charge in [-0.05, 0) is 48.6 Å². The van der Waals surface area contributed by atoms with Crippen LogP contribution in [-0.4, -0.2) is 41.5 Å². The largest absolute Gasteiger partial charge is 0.322 e. The van der Waals surface area contributed by atoms with E-state index in [9.17, 15) is 4.79 Å². The van der Waals surface area contributed by atoms with Gasteiger partial charge in [0, 0.05) is 37.9 Å². The molecule has 0 saturated carbocycles. The van der Waals surface area contributed by atoms with E-state index in [-0.39, 0.29) is 12.1 Å². The van der Waals surface area contributed by atoms with Crippen LogP contribution < -0.4 is 5.32 Å². The van der Waals surface area contributed by atoms with E-state index < -0.39 is 0 Å². The maximum absolute atomic E-state index is 12.9. The van der Waals surface area contributed by atoms with E-state index in [0.29, 0.717) is 11.5 Å². The summed E-state index contributed by atoms with van der Waals surface area (Å²) in [5, 5.41) is 11.9. The summed E-state index contributed by atoms with van der Waals surface area (Å²) in [5.74, 6) is 0.527. The Hall–Kier alpha value is -2.84. The minimum Gasteiger partial charge on any atom is -0.320 e. The Labute approximate surface area is 160 Å². The highest BCUT2D eigenvalue weighted by atomic mass is 16.2. The maximum atomic E-state index is 12.9. The van der Waals surface area contributed by atoms with Gasteiger partial charge in [0.25, 0.3) is 0 Å². The lowest BCUT2D eigenvalue weighted by molar-refractivity contribution is 0.151.